The van der Waals surface area contributed by atoms with Gasteiger partial charge < -0.3 is 5.32 Å². The van der Waals surface area contributed by atoms with Crippen LogP contribution in [0.1, 0.15) is 12.8 Å². The third-order valence-electron chi connectivity index (χ3n) is 2.12. The minimum atomic E-state index is 0.661. The van der Waals surface area contributed by atoms with Gasteiger partial charge >= 0.3 is 0 Å². The van der Waals surface area contributed by atoms with Crippen LogP contribution in [0.4, 0.5) is 0 Å². The van der Waals surface area contributed by atoms with Crippen LogP contribution < -0.4 is 5.32 Å². The summed E-state index contributed by atoms with van der Waals surface area (Å²) in [6.07, 6.45) is 6.18. The molecule has 1 aromatic rings. The first-order valence-corrected chi connectivity index (χ1v) is 5.57. The second-order valence-corrected chi connectivity index (χ2v) is 4.12. The summed E-state index contributed by atoms with van der Waals surface area (Å²) >= 11 is 1.73. The molecular weight excluding hydrogens is 182 g/mol. The predicted molar refractivity (Wildman–Crippen MR) is 53.8 cm³/mol. The second kappa shape index (κ2) is 4.58. The molecule has 1 atom stereocenters. The Labute approximate surface area is 82.4 Å². The molecule has 2 heterocycles. The fourth-order valence-corrected chi connectivity index (χ4v) is 2.34. The fourth-order valence-electron chi connectivity index (χ4n) is 1.43. The van der Waals surface area contributed by atoms with Gasteiger partial charge in [0.1, 0.15) is 0 Å². The number of nitrogens with zero attached hydrogens (tertiary/aromatic N) is 2. The third-order valence-corrected chi connectivity index (χ3v) is 3.16. The van der Waals surface area contributed by atoms with E-state index in [-0.39, 0.29) is 0 Å². The van der Waals surface area contributed by atoms with Gasteiger partial charge in [-0.2, -0.15) is 0 Å². The predicted octanol–water partition coefficient (Wildman–Crippen LogP) is 1.32. The van der Waals surface area contributed by atoms with E-state index < -0.39 is 0 Å². The van der Waals surface area contributed by atoms with E-state index >= 15 is 0 Å². The summed E-state index contributed by atoms with van der Waals surface area (Å²) in [4.78, 5) is 8.33. The van der Waals surface area contributed by atoms with Gasteiger partial charge in [0.15, 0.2) is 5.16 Å². The molecule has 3 nitrogen and oxygen atoms in total. The highest BCUT2D eigenvalue weighted by atomic mass is 32.2. The van der Waals surface area contributed by atoms with E-state index in [2.05, 4.69) is 15.3 Å². The third kappa shape index (κ3) is 2.67. The molecule has 1 N–H and O–H groups in total. The Bertz CT molecular complexity index is 246. The van der Waals surface area contributed by atoms with Crippen molar-refractivity contribution in [1.82, 2.24) is 15.3 Å². The topological polar surface area (TPSA) is 37.8 Å². The van der Waals surface area contributed by atoms with E-state index in [1.165, 1.54) is 19.4 Å². The van der Waals surface area contributed by atoms with Gasteiger partial charge in [-0.05, 0) is 25.5 Å². The average Bonchev–Trinajstić information content (AvgIpc) is 2.69. The van der Waals surface area contributed by atoms with Crippen LogP contribution in [-0.4, -0.2) is 28.3 Å². The van der Waals surface area contributed by atoms with Crippen LogP contribution in [0, 0.1) is 0 Å². The van der Waals surface area contributed by atoms with Crippen LogP contribution in [0.2, 0.25) is 0 Å². The molecule has 0 unspecified atom stereocenters. The molecular formula is C9H13N3S. The summed E-state index contributed by atoms with van der Waals surface area (Å²) in [6.45, 7) is 1.17. The zero-order chi connectivity index (χ0) is 8.93. The molecule has 1 saturated heterocycles. The summed E-state index contributed by atoms with van der Waals surface area (Å²) in [5.74, 6) is 1.09. The van der Waals surface area contributed by atoms with Crippen molar-refractivity contribution >= 4 is 11.8 Å². The van der Waals surface area contributed by atoms with Crippen molar-refractivity contribution in [3.63, 3.8) is 0 Å². The highest BCUT2D eigenvalue weighted by Gasteiger charge is 2.14. The first-order valence-electron chi connectivity index (χ1n) is 4.58. The number of hydrogen-bond donors (Lipinski definition) is 1. The quantitative estimate of drug-likeness (QED) is 0.583. The van der Waals surface area contributed by atoms with Gasteiger partial charge in [0.05, 0.1) is 0 Å². The fraction of sp³-hybridized carbons (Fsp3) is 0.556. The number of nitrogens with one attached hydrogen (secondary N) is 1. The molecule has 0 aliphatic carbocycles. The molecule has 0 amide bonds. The highest BCUT2D eigenvalue weighted by Crippen LogP contribution is 2.16. The largest absolute Gasteiger partial charge is 0.313 e. The van der Waals surface area contributed by atoms with Crippen molar-refractivity contribution in [1.29, 1.82) is 0 Å². The number of aromatic nitrogens is 2. The number of thioether (sulfide) groups is 1. The Morgan fingerprint density at radius 2 is 2.31 bits per heavy atom. The summed E-state index contributed by atoms with van der Waals surface area (Å²) in [7, 11) is 0. The standard InChI is InChI=1S/C9H13N3S/c1-3-8(10-4-1)7-13-9-11-5-2-6-12-9/h2,5-6,8,10H,1,3-4,7H2/t8-/m1/s1. The van der Waals surface area contributed by atoms with Gasteiger partial charge in [-0.1, -0.05) is 11.8 Å². The molecule has 70 valence electrons. The maximum absolute atomic E-state index is 4.16. The van der Waals surface area contributed by atoms with Crippen molar-refractivity contribution in [3.8, 4) is 0 Å². The van der Waals surface area contributed by atoms with Crippen LogP contribution in [0.5, 0.6) is 0 Å². The highest BCUT2D eigenvalue weighted by molar-refractivity contribution is 7.99. The van der Waals surface area contributed by atoms with E-state index in [0.717, 1.165) is 10.9 Å². The lowest BCUT2D eigenvalue weighted by Crippen LogP contribution is -2.23. The Hall–Kier alpha value is -0.610. The summed E-state index contributed by atoms with van der Waals surface area (Å²) in [6, 6.07) is 2.51. The van der Waals surface area contributed by atoms with Gasteiger partial charge in [-0.25, -0.2) is 9.97 Å². The summed E-state index contributed by atoms with van der Waals surface area (Å²) < 4.78 is 0. The van der Waals surface area contributed by atoms with E-state index in [0.29, 0.717) is 6.04 Å². The second-order valence-electron chi connectivity index (χ2n) is 3.14. The van der Waals surface area contributed by atoms with Gasteiger partial charge in [-0.15, -0.1) is 0 Å². The van der Waals surface area contributed by atoms with Crippen molar-refractivity contribution in [2.45, 2.75) is 24.0 Å². The number of hydrogen-bond acceptors (Lipinski definition) is 4. The molecule has 0 spiro atoms. The van der Waals surface area contributed by atoms with Crippen molar-refractivity contribution in [2.24, 2.45) is 0 Å². The normalized spacial score (nSPS) is 22.0. The maximum atomic E-state index is 4.16. The lowest BCUT2D eigenvalue weighted by Gasteiger charge is -2.07. The van der Waals surface area contributed by atoms with Gasteiger partial charge in [0, 0.05) is 24.2 Å². The molecule has 0 bridgehead atoms. The van der Waals surface area contributed by atoms with E-state index in [4.69, 9.17) is 0 Å². The molecule has 4 heteroatoms. The van der Waals surface area contributed by atoms with Crippen molar-refractivity contribution < 1.29 is 0 Å². The lowest BCUT2D eigenvalue weighted by molar-refractivity contribution is 0.673. The zero-order valence-corrected chi connectivity index (χ0v) is 8.26. The minimum absolute atomic E-state index is 0.661. The van der Waals surface area contributed by atoms with Crippen LogP contribution in [0.3, 0.4) is 0 Å². The van der Waals surface area contributed by atoms with Crippen LogP contribution in [0.15, 0.2) is 23.6 Å². The molecule has 0 saturated carbocycles. The number of rotatable bonds is 3. The lowest BCUT2D eigenvalue weighted by atomic mass is 10.3. The minimum Gasteiger partial charge on any atom is -0.313 e. The van der Waals surface area contributed by atoms with Gasteiger partial charge in [-0.3, -0.25) is 0 Å². The summed E-state index contributed by atoms with van der Waals surface area (Å²) in [5.41, 5.74) is 0. The zero-order valence-electron chi connectivity index (χ0n) is 7.44. The SMILES string of the molecule is c1cnc(SC[C@H]2CCCN2)nc1. The Morgan fingerprint density at radius 1 is 1.46 bits per heavy atom. The van der Waals surface area contributed by atoms with Gasteiger partial charge in [0.2, 0.25) is 0 Å². The molecule has 2 rings (SSSR count). The molecule has 1 aromatic heterocycles. The molecule has 1 fully saturated rings. The Kier molecular flexibility index (Phi) is 3.16. The van der Waals surface area contributed by atoms with E-state index in [1.54, 1.807) is 24.2 Å². The van der Waals surface area contributed by atoms with Crippen LogP contribution in [-0.2, 0) is 0 Å². The first kappa shape index (κ1) is 8.97. The average molecular weight is 195 g/mol. The first-order chi connectivity index (χ1) is 6.45. The molecule has 13 heavy (non-hydrogen) atoms. The molecule has 0 aromatic carbocycles. The molecule has 0 radical (unpaired) electrons. The van der Waals surface area contributed by atoms with E-state index in [1.807, 2.05) is 6.07 Å². The maximum Gasteiger partial charge on any atom is 0.187 e. The van der Waals surface area contributed by atoms with E-state index in [9.17, 15) is 0 Å². The van der Waals surface area contributed by atoms with Crippen LogP contribution >= 0.6 is 11.8 Å². The van der Waals surface area contributed by atoms with Crippen molar-refractivity contribution in [2.75, 3.05) is 12.3 Å². The molecule has 1 aliphatic rings. The Morgan fingerprint density at radius 3 is 3.00 bits per heavy atom. The smallest absolute Gasteiger partial charge is 0.187 e. The Balaban J connectivity index is 1.79. The summed E-state index contributed by atoms with van der Waals surface area (Å²) in [5, 5.41) is 4.34. The van der Waals surface area contributed by atoms with Gasteiger partial charge in [0.25, 0.3) is 0 Å². The van der Waals surface area contributed by atoms with Crippen LogP contribution in [0.25, 0.3) is 0 Å². The molecule has 1 aliphatic heterocycles. The monoisotopic (exact) mass is 195 g/mol. The van der Waals surface area contributed by atoms with Crippen molar-refractivity contribution in [3.05, 3.63) is 18.5 Å².